The average Bonchev–Trinajstić information content (AvgIpc) is 2.96. The first-order valence-electron chi connectivity index (χ1n) is 9.02. The van der Waals surface area contributed by atoms with E-state index in [-0.39, 0.29) is 47.3 Å². The van der Waals surface area contributed by atoms with Gasteiger partial charge in [-0.2, -0.15) is 0 Å². The zero-order valence-electron chi connectivity index (χ0n) is 15.4. The first-order valence-corrected chi connectivity index (χ1v) is 9.02. The monoisotopic (exact) mass is 346 g/mol. The number of hydrogen-bond acceptors (Lipinski definition) is 5. The molecule has 0 aromatic heterocycles. The molecule has 5 nitrogen and oxygen atoms in total. The van der Waals surface area contributed by atoms with E-state index in [2.05, 4.69) is 0 Å². The Kier molecular flexibility index (Phi) is 4.60. The SMILES string of the molecule is C/C=C(/C)C(=O)O[C@H]1C[C@H](C)[C@H]2C(=O)C=C(C)[C@@H]2[C@H]2OC(=O)[C@@H](C)[C@@H]21. The van der Waals surface area contributed by atoms with Crippen LogP contribution in [0.15, 0.2) is 23.3 Å². The highest BCUT2D eigenvalue weighted by Gasteiger charge is 2.58. The number of esters is 2. The highest BCUT2D eigenvalue weighted by Crippen LogP contribution is 2.50. The zero-order chi connectivity index (χ0) is 18.5. The van der Waals surface area contributed by atoms with Crippen molar-refractivity contribution < 1.29 is 23.9 Å². The predicted octanol–water partition coefficient (Wildman–Crippen LogP) is 2.84. The van der Waals surface area contributed by atoms with Gasteiger partial charge >= 0.3 is 11.9 Å². The summed E-state index contributed by atoms with van der Waals surface area (Å²) in [6, 6.07) is 0. The van der Waals surface area contributed by atoms with Crippen LogP contribution in [0, 0.1) is 29.6 Å². The number of carbonyl (C=O) groups excluding carboxylic acids is 3. The Morgan fingerprint density at radius 3 is 2.60 bits per heavy atom. The van der Waals surface area contributed by atoms with Crippen LogP contribution < -0.4 is 0 Å². The molecule has 0 amide bonds. The third-order valence-electron chi connectivity index (χ3n) is 6.21. The van der Waals surface area contributed by atoms with Gasteiger partial charge in [-0.3, -0.25) is 9.59 Å². The van der Waals surface area contributed by atoms with Gasteiger partial charge in [0.1, 0.15) is 12.2 Å². The normalized spacial score (nSPS) is 40.8. The lowest BCUT2D eigenvalue weighted by atomic mass is 9.77. The Morgan fingerprint density at radius 1 is 1.28 bits per heavy atom. The molecule has 0 bridgehead atoms. The summed E-state index contributed by atoms with van der Waals surface area (Å²) in [5.74, 6) is -1.33. The van der Waals surface area contributed by atoms with Crippen molar-refractivity contribution in [2.24, 2.45) is 29.6 Å². The van der Waals surface area contributed by atoms with E-state index in [1.54, 1.807) is 26.0 Å². The minimum atomic E-state index is -0.421. The fraction of sp³-hybridized carbons (Fsp3) is 0.650. The molecule has 5 heteroatoms. The van der Waals surface area contributed by atoms with Crippen molar-refractivity contribution in [3.05, 3.63) is 23.3 Å². The molecule has 0 radical (unpaired) electrons. The summed E-state index contributed by atoms with van der Waals surface area (Å²) >= 11 is 0. The van der Waals surface area contributed by atoms with Crippen LogP contribution >= 0.6 is 0 Å². The maximum absolute atomic E-state index is 12.5. The van der Waals surface area contributed by atoms with E-state index in [0.717, 1.165) is 5.57 Å². The van der Waals surface area contributed by atoms with E-state index in [9.17, 15) is 14.4 Å². The average molecular weight is 346 g/mol. The fourth-order valence-corrected chi connectivity index (χ4v) is 4.73. The summed E-state index contributed by atoms with van der Waals surface area (Å²) < 4.78 is 11.5. The molecule has 0 aromatic rings. The van der Waals surface area contributed by atoms with Crippen LogP contribution in [0.4, 0.5) is 0 Å². The maximum Gasteiger partial charge on any atom is 0.333 e. The second kappa shape index (κ2) is 6.43. The van der Waals surface area contributed by atoms with Gasteiger partial charge in [0.25, 0.3) is 0 Å². The molecule has 3 aliphatic rings. The van der Waals surface area contributed by atoms with Crippen molar-refractivity contribution in [1.82, 2.24) is 0 Å². The Morgan fingerprint density at radius 2 is 1.96 bits per heavy atom. The van der Waals surface area contributed by atoms with Crippen LogP contribution in [-0.4, -0.2) is 29.9 Å². The van der Waals surface area contributed by atoms with Crippen molar-refractivity contribution in [1.29, 1.82) is 0 Å². The van der Waals surface area contributed by atoms with Crippen LogP contribution in [0.3, 0.4) is 0 Å². The molecule has 7 atom stereocenters. The minimum absolute atomic E-state index is 0.0615. The second-order valence-corrected chi connectivity index (χ2v) is 7.74. The van der Waals surface area contributed by atoms with Gasteiger partial charge in [0.05, 0.1) is 5.92 Å². The molecule has 1 saturated carbocycles. The van der Waals surface area contributed by atoms with Gasteiger partial charge < -0.3 is 9.47 Å². The number of carbonyl (C=O) groups is 3. The molecule has 0 spiro atoms. The van der Waals surface area contributed by atoms with E-state index < -0.39 is 12.2 Å². The summed E-state index contributed by atoms with van der Waals surface area (Å²) in [6.45, 7) is 9.29. The summed E-state index contributed by atoms with van der Waals surface area (Å²) in [7, 11) is 0. The maximum atomic E-state index is 12.5. The van der Waals surface area contributed by atoms with Gasteiger partial charge in [0.2, 0.25) is 0 Å². The third kappa shape index (κ3) is 2.83. The highest BCUT2D eigenvalue weighted by atomic mass is 16.6. The van der Waals surface area contributed by atoms with E-state index in [1.807, 2.05) is 20.8 Å². The Hall–Kier alpha value is -1.91. The van der Waals surface area contributed by atoms with Crippen molar-refractivity contribution in [2.45, 2.75) is 53.2 Å². The zero-order valence-corrected chi connectivity index (χ0v) is 15.4. The van der Waals surface area contributed by atoms with E-state index in [4.69, 9.17) is 9.47 Å². The number of allylic oxidation sites excluding steroid dienone is 2. The lowest BCUT2D eigenvalue weighted by Crippen LogP contribution is -2.38. The smallest absolute Gasteiger partial charge is 0.333 e. The molecular formula is C20H26O5. The fourth-order valence-electron chi connectivity index (χ4n) is 4.73. The summed E-state index contributed by atoms with van der Waals surface area (Å²) in [4.78, 5) is 37.1. The highest BCUT2D eigenvalue weighted by molar-refractivity contribution is 5.96. The van der Waals surface area contributed by atoms with Crippen LogP contribution in [0.5, 0.6) is 0 Å². The number of hydrogen-bond donors (Lipinski definition) is 0. The summed E-state index contributed by atoms with van der Waals surface area (Å²) in [5.41, 5.74) is 1.51. The van der Waals surface area contributed by atoms with E-state index in [0.29, 0.717) is 12.0 Å². The van der Waals surface area contributed by atoms with Crippen molar-refractivity contribution in [3.63, 3.8) is 0 Å². The standard InChI is InChI=1S/C20H26O5/c1-6-9(2)19(22)24-14-8-11(4)15-13(21)7-10(3)16(15)18-17(14)12(5)20(23)25-18/h6-7,11-12,14-18H,8H2,1-5H3/b9-6-/t11-,12-,14-,15-,16-,17+,18+/m0/s1. The largest absolute Gasteiger partial charge is 0.461 e. The van der Waals surface area contributed by atoms with Crippen LogP contribution in [0.2, 0.25) is 0 Å². The number of ether oxygens (including phenoxy) is 2. The van der Waals surface area contributed by atoms with Gasteiger partial charge in [-0.1, -0.05) is 25.5 Å². The molecule has 1 heterocycles. The Balaban J connectivity index is 1.98. The lowest BCUT2D eigenvalue weighted by molar-refractivity contribution is -0.149. The number of fused-ring (bicyclic) bond motifs is 3. The van der Waals surface area contributed by atoms with Gasteiger partial charge in [-0.25, -0.2) is 4.79 Å². The van der Waals surface area contributed by atoms with Crippen molar-refractivity contribution in [2.75, 3.05) is 0 Å². The molecular weight excluding hydrogens is 320 g/mol. The minimum Gasteiger partial charge on any atom is -0.461 e. The third-order valence-corrected chi connectivity index (χ3v) is 6.21. The Bertz CT molecular complexity index is 674. The van der Waals surface area contributed by atoms with Crippen molar-refractivity contribution >= 4 is 17.7 Å². The first-order chi connectivity index (χ1) is 11.8. The number of ketones is 1. The molecule has 1 aliphatic heterocycles. The van der Waals surface area contributed by atoms with Gasteiger partial charge in [-0.15, -0.1) is 0 Å². The van der Waals surface area contributed by atoms with Crippen LogP contribution in [0.25, 0.3) is 0 Å². The van der Waals surface area contributed by atoms with E-state index in [1.165, 1.54) is 0 Å². The second-order valence-electron chi connectivity index (χ2n) is 7.74. The van der Waals surface area contributed by atoms with Gasteiger partial charge in [0.15, 0.2) is 5.78 Å². The summed E-state index contributed by atoms with van der Waals surface area (Å²) in [5, 5.41) is 0. The molecule has 136 valence electrons. The topological polar surface area (TPSA) is 69.7 Å². The first kappa shape index (κ1) is 17.9. The molecule has 0 unspecified atom stereocenters. The van der Waals surface area contributed by atoms with Gasteiger partial charge in [0, 0.05) is 23.3 Å². The van der Waals surface area contributed by atoms with Crippen LogP contribution in [0.1, 0.15) is 41.0 Å². The molecule has 3 rings (SSSR count). The van der Waals surface area contributed by atoms with Crippen molar-refractivity contribution in [3.8, 4) is 0 Å². The summed E-state index contributed by atoms with van der Waals surface area (Å²) in [6.07, 6.45) is 3.15. The quantitative estimate of drug-likeness (QED) is 0.568. The predicted molar refractivity (Wildman–Crippen MR) is 91.4 cm³/mol. The molecule has 0 aromatic carbocycles. The molecule has 1 saturated heterocycles. The molecule has 25 heavy (non-hydrogen) atoms. The number of rotatable bonds is 2. The molecule has 2 aliphatic carbocycles. The van der Waals surface area contributed by atoms with E-state index >= 15 is 0 Å². The lowest BCUT2D eigenvalue weighted by Gasteiger charge is -2.29. The van der Waals surface area contributed by atoms with Gasteiger partial charge in [-0.05, 0) is 39.2 Å². The van der Waals surface area contributed by atoms with Crippen LogP contribution in [-0.2, 0) is 23.9 Å². The molecule has 0 N–H and O–H groups in total. The Labute approximate surface area is 148 Å². The molecule has 2 fully saturated rings.